The van der Waals surface area contributed by atoms with Crippen LogP contribution in [0.3, 0.4) is 0 Å². The van der Waals surface area contributed by atoms with Crippen LogP contribution in [0.2, 0.25) is 0 Å². The minimum Gasteiger partial charge on any atom is -0.383 e. The van der Waals surface area contributed by atoms with Crippen LogP contribution in [0.4, 0.5) is 5.82 Å². The minimum absolute atomic E-state index is 0.190. The van der Waals surface area contributed by atoms with Crippen LogP contribution >= 0.6 is 0 Å². The van der Waals surface area contributed by atoms with E-state index < -0.39 is 11.9 Å². The number of nitrogens with zero attached hydrogens (tertiary/aromatic N) is 3. The number of benzene rings is 1. The summed E-state index contributed by atoms with van der Waals surface area (Å²) >= 11 is 0. The first-order chi connectivity index (χ1) is 12.1. The lowest BCUT2D eigenvalue weighted by Crippen LogP contribution is -2.58. The molecule has 2 heterocycles. The van der Waals surface area contributed by atoms with Gasteiger partial charge >= 0.3 is 0 Å². The van der Waals surface area contributed by atoms with Gasteiger partial charge in [-0.15, -0.1) is 0 Å². The fourth-order valence-electron chi connectivity index (χ4n) is 3.05. The van der Waals surface area contributed by atoms with Crippen molar-refractivity contribution in [3.8, 4) is 0 Å². The van der Waals surface area contributed by atoms with Gasteiger partial charge in [-0.05, 0) is 17.7 Å². The molecule has 25 heavy (non-hydrogen) atoms. The summed E-state index contributed by atoms with van der Waals surface area (Å²) in [6.45, 7) is 1.93. The maximum Gasteiger partial charge on any atom is 0.257 e. The lowest BCUT2D eigenvalue weighted by Gasteiger charge is -2.40. The molecule has 2 amide bonds. The average Bonchev–Trinajstić information content (AvgIpc) is 2.62. The van der Waals surface area contributed by atoms with Crippen molar-refractivity contribution in [3.63, 3.8) is 0 Å². The summed E-state index contributed by atoms with van der Waals surface area (Å²) in [6.07, 6.45) is 1.54. The number of nitrogens with two attached hydrogens (primary N) is 2. The maximum absolute atomic E-state index is 12.7. The van der Waals surface area contributed by atoms with Gasteiger partial charge in [0.1, 0.15) is 11.9 Å². The van der Waals surface area contributed by atoms with E-state index >= 15 is 0 Å². The van der Waals surface area contributed by atoms with Crippen LogP contribution in [0.15, 0.2) is 48.7 Å². The molecule has 1 aromatic heterocycles. The normalized spacial score (nSPS) is 18.1. The Kier molecular flexibility index (Phi) is 4.95. The van der Waals surface area contributed by atoms with Crippen molar-refractivity contribution < 1.29 is 9.59 Å². The fourth-order valence-corrected chi connectivity index (χ4v) is 3.05. The molecule has 0 radical (unpaired) electrons. The Labute approximate surface area is 146 Å². The average molecular weight is 339 g/mol. The summed E-state index contributed by atoms with van der Waals surface area (Å²) in [5, 5.41) is 0. The van der Waals surface area contributed by atoms with Crippen LogP contribution < -0.4 is 11.5 Å². The van der Waals surface area contributed by atoms with Crippen molar-refractivity contribution in [1.29, 1.82) is 0 Å². The zero-order chi connectivity index (χ0) is 17.8. The number of hydrogen-bond acceptors (Lipinski definition) is 5. The first kappa shape index (κ1) is 16.9. The van der Waals surface area contributed by atoms with E-state index in [-0.39, 0.29) is 18.3 Å². The standard InChI is InChI=1S/C18H21N5O2/c19-16-14(7-4-8-21-16)18(25)23-10-9-22(15(12-23)17(20)24)11-13-5-2-1-3-6-13/h1-8,15H,9-12H2,(H2,19,21)(H2,20,24)/t15-/m1/s1. The van der Waals surface area contributed by atoms with Crippen molar-refractivity contribution in [2.75, 3.05) is 25.4 Å². The predicted octanol–water partition coefficient (Wildman–Crippen LogP) is 0.476. The number of rotatable bonds is 4. The quantitative estimate of drug-likeness (QED) is 0.843. The molecule has 1 aliphatic rings. The Morgan fingerprint density at radius 3 is 2.56 bits per heavy atom. The molecular formula is C18H21N5O2. The molecule has 4 N–H and O–H groups in total. The molecular weight excluding hydrogens is 318 g/mol. The van der Waals surface area contributed by atoms with Gasteiger partial charge in [0.15, 0.2) is 0 Å². The van der Waals surface area contributed by atoms with Crippen LogP contribution in [0, 0.1) is 0 Å². The van der Waals surface area contributed by atoms with Gasteiger partial charge in [-0.25, -0.2) is 4.98 Å². The second kappa shape index (κ2) is 7.31. The molecule has 0 spiro atoms. The van der Waals surface area contributed by atoms with E-state index in [1.165, 1.54) is 6.20 Å². The van der Waals surface area contributed by atoms with Crippen LogP contribution in [0.25, 0.3) is 0 Å². The van der Waals surface area contributed by atoms with Gasteiger partial charge < -0.3 is 16.4 Å². The summed E-state index contributed by atoms with van der Waals surface area (Å²) < 4.78 is 0. The van der Waals surface area contributed by atoms with E-state index in [1.54, 1.807) is 17.0 Å². The van der Waals surface area contributed by atoms with Crippen molar-refractivity contribution in [1.82, 2.24) is 14.8 Å². The van der Waals surface area contributed by atoms with Gasteiger partial charge in [0.25, 0.3) is 5.91 Å². The Hall–Kier alpha value is -2.93. The molecule has 0 bridgehead atoms. The van der Waals surface area contributed by atoms with Gasteiger partial charge in [0.05, 0.1) is 5.56 Å². The molecule has 130 valence electrons. The molecule has 0 aliphatic carbocycles. The first-order valence-electron chi connectivity index (χ1n) is 8.13. The van der Waals surface area contributed by atoms with Crippen LogP contribution in [0.5, 0.6) is 0 Å². The van der Waals surface area contributed by atoms with E-state index in [0.29, 0.717) is 25.2 Å². The number of aromatic nitrogens is 1. The molecule has 1 atom stereocenters. The van der Waals surface area contributed by atoms with E-state index in [0.717, 1.165) is 5.56 Å². The van der Waals surface area contributed by atoms with E-state index in [2.05, 4.69) is 4.98 Å². The van der Waals surface area contributed by atoms with Gasteiger partial charge in [-0.2, -0.15) is 0 Å². The molecule has 7 heteroatoms. The Balaban J connectivity index is 1.74. The molecule has 0 unspecified atom stereocenters. The van der Waals surface area contributed by atoms with E-state index in [9.17, 15) is 9.59 Å². The monoisotopic (exact) mass is 339 g/mol. The summed E-state index contributed by atoms with van der Waals surface area (Å²) in [6, 6.07) is 12.7. The van der Waals surface area contributed by atoms with Crippen LogP contribution in [-0.2, 0) is 11.3 Å². The van der Waals surface area contributed by atoms with Gasteiger partial charge in [0.2, 0.25) is 5.91 Å². The van der Waals surface area contributed by atoms with E-state index in [4.69, 9.17) is 11.5 Å². The number of primary amides is 1. The fraction of sp³-hybridized carbons (Fsp3) is 0.278. The number of carbonyl (C=O) groups excluding carboxylic acids is 2. The summed E-state index contributed by atoms with van der Waals surface area (Å²) in [7, 11) is 0. The lowest BCUT2D eigenvalue weighted by atomic mass is 10.1. The van der Waals surface area contributed by atoms with Crippen molar-refractivity contribution in [3.05, 3.63) is 59.8 Å². The zero-order valence-corrected chi connectivity index (χ0v) is 13.8. The number of nitrogen functional groups attached to an aromatic ring is 1. The lowest BCUT2D eigenvalue weighted by molar-refractivity contribution is -0.125. The number of anilines is 1. The van der Waals surface area contributed by atoms with E-state index in [1.807, 2.05) is 35.2 Å². The number of hydrogen-bond donors (Lipinski definition) is 2. The molecule has 7 nitrogen and oxygen atoms in total. The summed E-state index contributed by atoms with van der Waals surface area (Å²) in [5.74, 6) is -0.473. The predicted molar refractivity (Wildman–Crippen MR) is 94.4 cm³/mol. The van der Waals surface area contributed by atoms with Crippen molar-refractivity contribution >= 4 is 17.6 Å². The Morgan fingerprint density at radius 2 is 1.88 bits per heavy atom. The highest BCUT2D eigenvalue weighted by Gasteiger charge is 2.33. The first-order valence-corrected chi connectivity index (χ1v) is 8.13. The molecule has 3 rings (SSSR count). The highest BCUT2D eigenvalue weighted by atomic mass is 16.2. The van der Waals surface area contributed by atoms with Crippen LogP contribution in [0.1, 0.15) is 15.9 Å². The van der Waals surface area contributed by atoms with Gasteiger partial charge in [-0.1, -0.05) is 30.3 Å². The zero-order valence-electron chi connectivity index (χ0n) is 13.8. The Bertz CT molecular complexity index is 765. The second-order valence-electron chi connectivity index (χ2n) is 6.06. The molecule has 0 saturated carbocycles. The number of carbonyl (C=O) groups is 2. The van der Waals surface area contributed by atoms with Crippen LogP contribution in [-0.4, -0.2) is 52.3 Å². The SMILES string of the molecule is NC(=O)[C@H]1CN(C(=O)c2cccnc2N)CCN1Cc1ccccc1. The molecule has 1 aliphatic heterocycles. The number of piperazine rings is 1. The highest BCUT2D eigenvalue weighted by molar-refractivity contribution is 5.98. The Morgan fingerprint density at radius 1 is 1.12 bits per heavy atom. The molecule has 1 aromatic carbocycles. The van der Waals surface area contributed by atoms with Gasteiger partial charge in [-0.3, -0.25) is 14.5 Å². The van der Waals surface area contributed by atoms with Gasteiger partial charge in [0, 0.05) is 32.4 Å². The second-order valence-corrected chi connectivity index (χ2v) is 6.06. The third kappa shape index (κ3) is 3.77. The third-order valence-electron chi connectivity index (χ3n) is 4.40. The summed E-state index contributed by atoms with van der Waals surface area (Å²) in [5.41, 5.74) is 12.8. The topological polar surface area (TPSA) is 106 Å². The highest BCUT2D eigenvalue weighted by Crippen LogP contribution is 2.18. The summed E-state index contributed by atoms with van der Waals surface area (Å²) in [4.78, 5) is 32.2. The maximum atomic E-state index is 12.7. The third-order valence-corrected chi connectivity index (χ3v) is 4.40. The molecule has 1 fully saturated rings. The number of pyridine rings is 1. The smallest absolute Gasteiger partial charge is 0.257 e. The minimum atomic E-state index is -0.532. The molecule has 2 aromatic rings. The molecule has 1 saturated heterocycles. The largest absolute Gasteiger partial charge is 0.383 e. The van der Waals surface area contributed by atoms with Crippen molar-refractivity contribution in [2.24, 2.45) is 5.73 Å². The van der Waals surface area contributed by atoms with Crippen molar-refractivity contribution in [2.45, 2.75) is 12.6 Å². The number of amides is 2.